The first-order valence-corrected chi connectivity index (χ1v) is 62.4. The van der Waals surface area contributed by atoms with Crippen LogP contribution >= 0.6 is 0 Å². The molecule has 22 fully saturated rings. The van der Waals surface area contributed by atoms with Gasteiger partial charge >= 0.3 is 23.1 Å². The fraction of sp³-hybridized carbons (Fsp3) is 0.954. The number of fused-ring (bicyclic) bond motifs is 25. The second-order valence-electron chi connectivity index (χ2n) is 58.9. The van der Waals surface area contributed by atoms with E-state index in [9.17, 15) is 45.0 Å². The van der Waals surface area contributed by atoms with E-state index in [1.54, 1.807) is 6.92 Å². The smallest absolute Gasteiger partial charge is 1.00 e. The Hall–Kier alpha value is -0.324. The molecule has 144 heavy (non-hydrogen) atoms. The molecule has 22 rings (SSSR count). The molecular weight excluding hydrogens is 1850 g/mol. The van der Waals surface area contributed by atoms with Crippen LogP contribution in [-0.2, 0) is 23.9 Å². The van der Waals surface area contributed by atoms with Gasteiger partial charge in [0.2, 0.25) is 0 Å². The largest absolute Gasteiger partial charge is 2.00 e. The van der Waals surface area contributed by atoms with Crippen molar-refractivity contribution in [2.45, 2.75) is 534 Å². The number of carbonyl (C=O) groups excluding carboxylic acids is 3. The van der Waals surface area contributed by atoms with Gasteiger partial charge in [0.25, 0.3) is 0 Å². The zero-order valence-electron chi connectivity index (χ0n) is 97.4. The third kappa shape index (κ3) is 22.8. The minimum atomic E-state index is -0.396. The van der Waals surface area contributed by atoms with Crippen molar-refractivity contribution in [2.24, 2.45) is 220 Å². The third-order valence-electron chi connectivity index (χ3n) is 53.0. The van der Waals surface area contributed by atoms with Gasteiger partial charge in [0.15, 0.2) is 0 Å². The van der Waals surface area contributed by atoms with Gasteiger partial charge in [-0.15, -0.1) is 0 Å². The van der Waals surface area contributed by atoms with Crippen LogP contribution in [0.1, 0.15) is 505 Å². The van der Waals surface area contributed by atoms with Crippen LogP contribution in [0.5, 0.6) is 0 Å². The number of hydrogen-bond acceptors (Lipinski definition) is 11. The molecule has 0 radical (unpaired) electrons. The number of aliphatic hydroxyl groups excluding tert-OH is 2. The summed E-state index contributed by atoms with van der Waals surface area (Å²) in [5, 5.41) is 64.5. The average molecular weight is 2080 g/mol. The molecule has 0 aromatic heterocycles. The van der Waals surface area contributed by atoms with Gasteiger partial charge < -0.3 is 64.0 Å². The third-order valence-corrected chi connectivity index (χ3v) is 53.0. The Balaban J connectivity index is 0.000000146. The summed E-state index contributed by atoms with van der Waals surface area (Å²) in [6.45, 7) is 63.0. The van der Waals surface area contributed by atoms with Gasteiger partial charge in [-0.3, -0.25) is 14.4 Å². The number of halogens is 1. The van der Waals surface area contributed by atoms with E-state index in [0.29, 0.717) is 115 Å². The molecule has 824 valence electrons. The van der Waals surface area contributed by atoms with Crippen LogP contribution in [0.15, 0.2) is 12.2 Å². The van der Waals surface area contributed by atoms with Crippen molar-refractivity contribution in [1.82, 2.24) is 0 Å². The number of ether oxygens (including phenoxy) is 2. The second-order valence-corrected chi connectivity index (χ2v) is 58.9. The summed E-state index contributed by atoms with van der Waals surface area (Å²) in [6, 6.07) is 0. The summed E-state index contributed by atoms with van der Waals surface area (Å²) in [7, 11) is 0. The SMILES string of the molecule is C1CCOC1.C1CCOC1.C=C(C)[C@H]1CC[C@H]2[C@@H]3CC[C@@H]4C[C@](O)(CC)CC[C@]4(C)[C@H]3CC[C@]12C.CC(=O)[C@H]1CC[C@H]2[C@@H]3CC[C@@H]4CC(=O)CC[C@]4(C)[C@H]3CC[C@]12C.CC[C@]1(O)CC[C@@]2(C)[C@H](CC[C@@H]3[C@@H]2CC[C@]2(C)[C@@H](C(C)=O)CC[C@@H]32)C1.CC[C@]1(O)CC[C@@]2(C)[C@H](CC[C@@H]3[C@@H]2CC[C@]2(C)[C@@H]([C@H](C)CO)CC[C@@H]32)C1.CC[C@]1(O)CC[C@@]2(C)[C@H](CC[C@@H]3[C@@H]2CC[C@]2(C)[C@@H]([C@H](C)[C@@H](O)CCC(C)C)CC[C@@H]32)C1.[Br-].[CH2-]C.[Mg+2]. The Kier molecular flexibility index (Phi) is 40.1. The van der Waals surface area contributed by atoms with Crippen LogP contribution in [0, 0.1) is 227 Å². The fourth-order valence-corrected chi connectivity index (χ4v) is 43.8. The molecule has 2 heterocycles. The van der Waals surface area contributed by atoms with E-state index >= 15 is 0 Å². The van der Waals surface area contributed by atoms with Crippen LogP contribution < -0.4 is 17.0 Å². The van der Waals surface area contributed by atoms with Crippen molar-refractivity contribution in [2.75, 3.05) is 33.0 Å². The normalized spacial score (nSPS) is 49.8. The summed E-state index contributed by atoms with van der Waals surface area (Å²) < 4.78 is 9.89. The van der Waals surface area contributed by atoms with Gasteiger partial charge in [0.1, 0.15) is 17.3 Å². The molecular formula is C131H225BrMgO11. The zero-order chi connectivity index (χ0) is 103. The van der Waals surface area contributed by atoms with E-state index in [1.165, 1.54) is 237 Å². The maximum absolute atomic E-state index is 12.2. The number of Topliss-reactive ketones (excluding diaryl/α,β-unsaturated/α-hetero) is 3. The van der Waals surface area contributed by atoms with E-state index in [4.69, 9.17) is 9.47 Å². The molecule has 13 heteroatoms. The topological polar surface area (TPSA) is 191 Å². The Labute approximate surface area is 911 Å². The van der Waals surface area contributed by atoms with Gasteiger partial charge in [0.05, 0.1) is 28.5 Å². The molecule has 11 nitrogen and oxygen atoms in total. The quantitative estimate of drug-likeness (QED) is 0.0551. The molecule has 22 aliphatic rings. The molecule has 6 N–H and O–H groups in total. The minimum absolute atomic E-state index is 0. The van der Waals surface area contributed by atoms with Crippen LogP contribution in [-0.4, -0.2) is 133 Å². The molecule has 20 saturated carbocycles. The number of allylic oxidation sites excluding steroid dienone is 1. The van der Waals surface area contributed by atoms with E-state index < -0.39 is 5.60 Å². The van der Waals surface area contributed by atoms with Gasteiger partial charge in [-0.2, -0.15) is 6.92 Å². The predicted molar refractivity (Wildman–Crippen MR) is 591 cm³/mol. The first kappa shape index (κ1) is 121. The summed E-state index contributed by atoms with van der Waals surface area (Å²) >= 11 is 0. The summed E-state index contributed by atoms with van der Waals surface area (Å²) in [5.74, 6) is 22.2. The Morgan fingerprint density at radius 2 is 0.625 bits per heavy atom. The standard InChI is InChI=1S/C29H52O2.C24H42O2.C24H40O.C23H38O2.C21H32O2.2C4H8O.C2H5.BrH.Mg/c1-7-29(31)17-16-27(5)21(18-29)9-10-22-24-12-11-23(28(24,6)15-14-25(22)27)20(4)26(30)13-8-19(2)3;1-5-24(26)13-12-22(3)17(14-24)6-7-18-20-9-8-19(16(2)15-25)23(20,4)11-10-21(18)22;1-6-24(25)14-13-22(4)17(15-24)7-8-18-20-10-9-19(16(2)3)23(20,5)12-11-21(18)22;1-5-23(25)13-12-21(3)16(14-23)6-7-17-19-9-8-18(15(2)24)22(19,4)11-10-20(17)21;1-13(22)17-6-7-18-16-5-4-14-12-15(23)8-10-20(14,2)19(16)9-11-21(17,18)3;2*1-2-4-5-3-1;1-2;;/h19-26,30-31H,7-18H2,1-6H3;16-21,25-26H,5-15H2,1-4H3;17-21,25H,2,6-15H2,1,3-5H3;16-20,25H,5-14H2,1-4H3;14,16-19H,4-12H2,1-3H3;2*1-4H2;1H2,2H3;1H;/q;;;;;;;-1;;+2/p-1/t20-,21+,22-,23+,24-,25-,26-,27-,28+,29-;16-,17-,18+,19-,20+,21+,22+,23-,24+;17-,18+,19-,20+,21+,22+,23-,24+;16-,17+,18-,19+,20+,21+,22-,23+;14-,16+,17-,18+,19+,20+,21-;;;;;/m01111...../s1. The molecule has 42 atom stereocenters. The predicted octanol–water partition coefficient (Wildman–Crippen LogP) is 28.2. The van der Waals surface area contributed by atoms with Gasteiger partial charge in [-0.05, 0) is 569 Å². The van der Waals surface area contributed by atoms with Crippen molar-refractivity contribution in [3.05, 3.63) is 19.1 Å². The molecule has 20 aliphatic carbocycles. The number of aliphatic hydroxyl groups is 6. The molecule has 0 spiro atoms. The van der Waals surface area contributed by atoms with Crippen molar-refractivity contribution in [3.8, 4) is 0 Å². The first-order valence-electron chi connectivity index (χ1n) is 62.4. The van der Waals surface area contributed by atoms with E-state index in [-0.39, 0.29) is 73.8 Å². The van der Waals surface area contributed by atoms with Crippen LogP contribution in [0.4, 0.5) is 0 Å². The van der Waals surface area contributed by atoms with E-state index in [2.05, 4.69) is 145 Å². The minimum Gasteiger partial charge on any atom is -1.00 e. The van der Waals surface area contributed by atoms with Crippen LogP contribution in [0.2, 0.25) is 0 Å². The van der Waals surface area contributed by atoms with Gasteiger partial charge in [-0.25, -0.2) is 0 Å². The fourth-order valence-electron chi connectivity index (χ4n) is 43.8. The number of rotatable bonds is 14. The first-order chi connectivity index (χ1) is 67.1. The number of ketones is 3. The molecule has 0 aromatic carbocycles. The van der Waals surface area contributed by atoms with Gasteiger partial charge in [0, 0.05) is 57.7 Å². The van der Waals surface area contributed by atoms with E-state index in [0.717, 1.165) is 267 Å². The van der Waals surface area contributed by atoms with Crippen molar-refractivity contribution >= 4 is 40.4 Å². The Morgan fingerprint density at radius 3 is 0.917 bits per heavy atom. The van der Waals surface area contributed by atoms with Crippen LogP contribution in [0.3, 0.4) is 0 Å². The molecule has 2 saturated heterocycles. The van der Waals surface area contributed by atoms with Crippen molar-refractivity contribution in [3.63, 3.8) is 0 Å². The number of hydrogen-bond donors (Lipinski definition) is 6. The number of carbonyl (C=O) groups is 3. The average Bonchev–Trinajstić information content (AvgIpc) is 1.39. The maximum atomic E-state index is 12.2. The van der Waals surface area contributed by atoms with Crippen molar-refractivity contribution < 1.29 is 71.5 Å². The summed E-state index contributed by atoms with van der Waals surface area (Å²) in [5.41, 5.74) is 4.10. The van der Waals surface area contributed by atoms with Crippen molar-refractivity contribution in [1.29, 1.82) is 0 Å². The van der Waals surface area contributed by atoms with E-state index in [1.807, 2.05) is 13.8 Å². The Morgan fingerprint density at radius 1 is 0.354 bits per heavy atom. The Bertz CT molecular complexity index is 4040. The summed E-state index contributed by atoms with van der Waals surface area (Å²) in [4.78, 5) is 36.3. The second kappa shape index (κ2) is 47.8. The van der Waals surface area contributed by atoms with Crippen LogP contribution in [0.25, 0.3) is 0 Å². The van der Waals surface area contributed by atoms with Gasteiger partial charge in [-0.1, -0.05) is 137 Å². The molecule has 0 aromatic rings. The molecule has 0 unspecified atom stereocenters. The maximum Gasteiger partial charge on any atom is 2.00 e. The summed E-state index contributed by atoms with van der Waals surface area (Å²) in [6.07, 6.45) is 66.8. The molecule has 0 amide bonds. The monoisotopic (exact) mass is 2080 g/mol. The molecule has 0 bridgehead atoms. The zero-order valence-corrected chi connectivity index (χ0v) is 100. The molecule has 2 aliphatic heterocycles.